The lowest BCUT2D eigenvalue weighted by Gasteiger charge is -2.39. The maximum absolute atomic E-state index is 12.7. The van der Waals surface area contributed by atoms with E-state index in [4.69, 9.17) is 11.6 Å². The summed E-state index contributed by atoms with van der Waals surface area (Å²) in [5, 5.41) is 3.52. The Hall–Kier alpha value is -1.55. The molecule has 3 rings (SSSR count). The third kappa shape index (κ3) is 2.10. The molecule has 1 aliphatic heterocycles. The van der Waals surface area contributed by atoms with Gasteiger partial charge in [0.1, 0.15) is 12.1 Å². The minimum atomic E-state index is -0.672. The highest BCUT2D eigenvalue weighted by Crippen LogP contribution is 2.35. The molecule has 19 heavy (non-hydrogen) atoms. The molecule has 1 heterocycles. The molecule has 5 heteroatoms. The zero-order valence-electron chi connectivity index (χ0n) is 10.5. The Morgan fingerprint density at radius 3 is 2.37 bits per heavy atom. The fourth-order valence-corrected chi connectivity index (χ4v) is 3.11. The molecule has 0 bridgehead atoms. The first-order valence-corrected chi connectivity index (χ1v) is 6.87. The SMILES string of the molecule is O=C1CN(c2ccc(Cl)cc2)C(=O)C2(CCCC2)N1. The van der Waals surface area contributed by atoms with E-state index in [-0.39, 0.29) is 18.4 Å². The van der Waals surface area contributed by atoms with Crippen LogP contribution < -0.4 is 10.2 Å². The van der Waals surface area contributed by atoms with Gasteiger partial charge in [-0.1, -0.05) is 24.4 Å². The number of halogens is 1. The van der Waals surface area contributed by atoms with Crippen molar-refractivity contribution >= 4 is 29.1 Å². The molecule has 0 aromatic heterocycles. The molecule has 100 valence electrons. The van der Waals surface area contributed by atoms with Gasteiger partial charge in [-0.25, -0.2) is 0 Å². The molecule has 1 N–H and O–H groups in total. The summed E-state index contributed by atoms with van der Waals surface area (Å²) in [7, 11) is 0. The van der Waals surface area contributed by atoms with Crippen LogP contribution in [0.1, 0.15) is 25.7 Å². The maximum Gasteiger partial charge on any atom is 0.253 e. The van der Waals surface area contributed by atoms with Crippen molar-refractivity contribution in [3.05, 3.63) is 29.3 Å². The van der Waals surface area contributed by atoms with Crippen LogP contribution in [-0.4, -0.2) is 23.9 Å². The van der Waals surface area contributed by atoms with Crippen molar-refractivity contribution in [3.63, 3.8) is 0 Å². The average Bonchev–Trinajstić information content (AvgIpc) is 2.84. The van der Waals surface area contributed by atoms with Gasteiger partial charge >= 0.3 is 0 Å². The molecule has 0 atom stereocenters. The summed E-state index contributed by atoms with van der Waals surface area (Å²) in [6, 6.07) is 7.03. The van der Waals surface area contributed by atoms with Crippen LogP contribution in [0.3, 0.4) is 0 Å². The summed E-state index contributed by atoms with van der Waals surface area (Å²) in [6.45, 7) is 0.0855. The topological polar surface area (TPSA) is 49.4 Å². The van der Waals surface area contributed by atoms with Gasteiger partial charge in [0.05, 0.1) is 0 Å². The summed E-state index contributed by atoms with van der Waals surface area (Å²) < 4.78 is 0. The van der Waals surface area contributed by atoms with Gasteiger partial charge in [-0.15, -0.1) is 0 Å². The van der Waals surface area contributed by atoms with Crippen LogP contribution in [0.2, 0.25) is 5.02 Å². The molecule has 2 fully saturated rings. The van der Waals surface area contributed by atoms with E-state index >= 15 is 0 Å². The van der Waals surface area contributed by atoms with Crippen molar-refractivity contribution in [2.45, 2.75) is 31.2 Å². The number of amides is 2. The van der Waals surface area contributed by atoms with Crippen molar-refractivity contribution in [1.29, 1.82) is 0 Å². The Labute approximate surface area is 116 Å². The third-order valence-corrected chi connectivity index (χ3v) is 4.18. The second-order valence-electron chi connectivity index (χ2n) is 5.21. The van der Waals surface area contributed by atoms with E-state index in [2.05, 4.69) is 5.32 Å². The Balaban J connectivity index is 1.94. The second-order valence-corrected chi connectivity index (χ2v) is 5.64. The van der Waals surface area contributed by atoms with Crippen LogP contribution >= 0.6 is 11.6 Å². The van der Waals surface area contributed by atoms with E-state index in [9.17, 15) is 9.59 Å². The average molecular weight is 279 g/mol. The number of hydrogen-bond acceptors (Lipinski definition) is 2. The highest BCUT2D eigenvalue weighted by atomic mass is 35.5. The number of piperazine rings is 1. The lowest BCUT2D eigenvalue weighted by Crippen LogP contribution is -2.65. The van der Waals surface area contributed by atoms with Gasteiger partial charge in [0.25, 0.3) is 5.91 Å². The Morgan fingerprint density at radius 1 is 1.11 bits per heavy atom. The van der Waals surface area contributed by atoms with E-state index < -0.39 is 5.54 Å². The maximum atomic E-state index is 12.7. The molecular weight excluding hydrogens is 264 g/mol. The molecule has 1 spiro atoms. The van der Waals surface area contributed by atoms with Gasteiger partial charge in [-0.3, -0.25) is 9.59 Å². The summed E-state index contributed by atoms with van der Waals surface area (Å²) in [5.74, 6) is -0.0802. The Kier molecular flexibility index (Phi) is 2.97. The predicted octanol–water partition coefficient (Wildman–Crippen LogP) is 2.12. The van der Waals surface area contributed by atoms with Crippen LogP contribution in [0.5, 0.6) is 0 Å². The number of nitrogens with one attached hydrogen (secondary N) is 1. The highest BCUT2D eigenvalue weighted by Gasteiger charge is 2.48. The summed E-state index contributed by atoms with van der Waals surface area (Å²) in [6.07, 6.45) is 3.45. The zero-order valence-corrected chi connectivity index (χ0v) is 11.2. The van der Waals surface area contributed by atoms with Gasteiger partial charge in [-0.05, 0) is 37.1 Å². The van der Waals surface area contributed by atoms with Crippen molar-refractivity contribution in [3.8, 4) is 0 Å². The van der Waals surface area contributed by atoms with Crippen LogP contribution in [-0.2, 0) is 9.59 Å². The van der Waals surface area contributed by atoms with Gasteiger partial charge in [0.15, 0.2) is 0 Å². The van der Waals surface area contributed by atoms with Crippen LogP contribution in [0, 0.1) is 0 Å². The number of carbonyl (C=O) groups excluding carboxylic acids is 2. The van der Waals surface area contributed by atoms with Gasteiger partial charge in [0.2, 0.25) is 5.91 Å². The van der Waals surface area contributed by atoms with E-state index in [1.165, 1.54) is 0 Å². The Bertz CT molecular complexity index is 521. The molecule has 0 unspecified atom stereocenters. The number of nitrogens with zero attached hydrogens (tertiary/aromatic N) is 1. The minimum absolute atomic E-state index is 0.00641. The molecular formula is C14H15ClN2O2. The molecule has 1 saturated heterocycles. The van der Waals surface area contributed by atoms with Crippen LogP contribution in [0.4, 0.5) is 5.69 Å². The molecule has 2 amide bonds. The fourth-order valence-electron chi connectivity index (χ4n) is 2.98. The number of hydrogen-bond donors (Lipinski definition) is 1. The van der Waals surface area contributed by atoms with E-state index in [0.29, 0.717) is 5.02 Å². The quantitative estimate of drug-likeness (QED) is 0.855. The molecule has 1 aromatic rings. The van der Waals surface area contributed by atoms with Crippen molar-refractivity contribution in [2.75, 3.05) is 11.4 Å². The minimum Gasteiger partial charge on any atom is -0.340 e. The number of rotatable bonds is 1. The lowest BCUT2D eigenvalue weighted by atomic mass is 9.92. The normalized spacial score (nSPS) is 21.8. The lowest BCUT2D eigenvalue weighted by molar-refractivity contribution is -0.135. The third-order valence-electron chi connectivity index (χ3n) is 3.93. The van der Waals surface area contributed by atoms with Crippen molar-refractivity contribution < 1.29 is 9.59 Å². The number of carbonyl (C=O) groups is 2. The second kappa shape index (κ2) is 4.53. The first kappa shape index (κ1) is 12.5. The highest BCUT2D eigenvalue weighted by molar-refractivity contribution is 6.30. The zero-order chi connectivity index (χ0) is 13.5. The van der Waals surface area contributed by atoms with Gasteiger partial charge < -0.3 is 10.2 Å². The molecule has 2 aliphatic rings. The van der Waals surface area contributed by atoms with E-state index in [1.807, 2.05) is 0 Å². The summed E-state index contributed by atoms with van der Waals surface area (Å²) >= 11 is 5.85. The summed E-state index contributed by atoms with van der Waals surface area (Å²) in [4.78, 5) is 26.1. The van der Waals surface area contributed by atoms with Crippen molar-refractivity contribution in [1.82, 2.24) is 5.32 Å². The van der Waals surface area contributed by atoms with E-state index in [0.717, 1.165) is 31.4 Å². The first-order valence-electron chi connectivity index (χ1n) is 6.49. The predicted molar refractivity (Wildman–Crippen MR) is 73.1 cm³/mol. The molecule has 1 saturated carbocycles. The molecule has 1 aromatic carbocycles. The monoisotopic (exact) mass is 278 g/mol. The number of benzene rings is 1. The standard InChI is InChI=1S/C14H15ClN2O2/c15-10-3-5-11(6-4-10)17-9-12(18)16-14(13(17)19)7-1-2-8-14/h3-6H,1-2,7-9H2,(H,16,18). The molecule has 1 aliphatic carbocycles. The number of anilines is 1. The van der Waals surface area contributed by atoms with Gasteiger partial charge in [-0.2, -0.15) is 0 Å². The smallest absolute Gasteiger partial charge is 0.253 e. The fraction of sp³-hybridized carbons (Fsp3) is 0.429. The first-order chi connectivity index (χ1) is 9.11. The van der Waals surface area contributed by atoms with E-state index in [1.54, 1.807) is 29.2 Å². The van der Waals surface area contributed by atoms with Gasteiger partial charge in [0, 0.05) is 10.7 Å². The molecule has 4 nitrogen and oxygen atoms in total. The largest absolute Gasteiger partial charge is 0.340 e. The Morgan fingerprint density at radius 2 is 1.74 bits per heavy atom. The van der Waals surface area contributed by atoms with Crippen LogP contribution in [0.15, 0.2) is 24.3 Å². The van der Waals surface area contributed by atoms with Crippen molar-refractivity contribution in [2.24, 2.45) is 0 Å². The summed E-state index contributed by atoms with van der Waals surface area (Å²) in [5.41, 5.74) is 0.0603. The molecule has 0 radical (unpaired) electrons. The van der Waals surface area contributed by atoms with Crippen LogP contribution in [0.25, 0.3) is 0 Å².